The number of carbonyl (C=O) groups excluding carboxylic acids is 1. The van der Waals surface area contributed by atoms with E-state index in [0.29, 0.717) is 21.8 Å². The van der Waals surface area contributed by atoms with Gasteiger partial charge in [-0.2, -0.15) is 0 Å². The van der Waals surface area contributed by atoms with Gasteiger partial charge in [0.25, 0.3) is 5.91 Å². The summed E-state index contributed by atoms with van der Waals surface area (Å²) in [6.07, 6.45) is 2.03. The van der Waals surface area contributed by atoms with Crippen molar-refractivity contribution in [1.82, 2.24) is 4.57 Å². The van der Waals surface area contributed by atoms with Crippen molar-refractivity contribution in [2.75, 3.05) is 25.3 Å². The molecule has 0 aliphatic carbocycles. The highest BCUT2D eigenvalue weighted by Gasteiger charge is 2.22. The first kappa shape index (κ1) is 24.0. The quantitative estimate of drug-likeness (QED) is 0.515. The van der Waals surface area contributed by atoms with Gasteiger partial charge in [-0.3, -0.25) is 4.79 Å². The summed E-state index contributed by atoms with van der Waals surface area (Å²) in [4.78, 5) is 13.2. The number of aromatic nitrogens is 1. The largest absolute Gasteiger partial charge is 0.389 e. The summed E-state index contributed by atoms with van der Waals surface area (Å²) in [7, 11) is -1.82. The number of aliphatic hydroxyl groups excluding tert-OH is 1. The van der Waals surface area contributed by atoms with Crippen molar-refractivity contribution in [1.29, 1.82) is 0 Å². The standard InChI is InChI=1S/C23H25ClN2O5S/c1-15-20(23(28)25-16-8-10-18(11-9-16)32(3,29)30)13-26(12-17(27)14-31-2)22(15)19-6-4-5-7-21(19)24/h4-11,13,17,27H,12,14H2,1-3H3,(H,25,28). The van der Waals surface area contributed by atoms with Crippen LogP contribution < -0.4 is 5.32 Å². The van der Waals surface area contributed by atoms with Gasteiger partial charge in [0.1, 0.15) is 0 Å². The number of nitrogens with one attached hydrogen (secondary N) is 1. The Hall–Kier alpha value is -2.65. The molecule has 0 spiro atoms. The minimum absolute atomic E-state index is 0.146. The molecule has 9 heteroatoms. The number of rotatable bonds is 8. The smallest absolute Gasteiger partial charge is 0.257 e. The molecule has 0 saturated carbocycles. The van der Waals surface area contributed by atoms with E-state index in [1.807, 2.05) is 25.1 Å². The second-order valence-corrected chi connectivity index (χ2v) is 9.93. The number of ether oxygens (including phenoxy) is 1. The van der Waals surface area contributed by atoms with Crippen LogP contribution in [-0.2, 0) is 21.1 Å². The fraction of sp³-hybridized carbons (Fsp3) is 0.261. The Balaban J connectivity index is 1.97. The summed E-state index contributed by atoms with van der Waals surface area (Å²) in [6.45, 7) is 2.18. The summed E-state index contributed by atoms with van der Waals surface area (Å²) in [6, 6.07) is 13.3. The van der Waals surface area contributed by atoms with Gasteiger partial charge in [-0.1, -0.05) is 29.8 Å². The van der Waals surface area contributed by atoms with Crippen LogP contribution in [0.5, 0.6) is 0 Å². The van der Waals surface area contributed by atoms with Crippen molar-refractivity contribution in [3.63, 3.8) is 0 Å². The van der Waals surface area contributed by atoms with E-state index in [-0.39, 0.29) is 24.0 Å². The molecule has 0 fully saturated rings. The van der Waals surface area contributed by atoms with Gasteiger partial charge in [-0.25, -0.2) is 8.42 Å². The Kier molecular flexibility index (Phi) is 7.40. The van der Waals surface area contributed by atoms with Gasteiger partial charge in [0.05, 0.1) is 35.4 Å². The molecular weight excluding hydrogens is 452 g/mol. The number of sulfone groups is 1. The Morgan fingerprint density at radius 3 is 2.44 bits per heavy atom. The van der Waals surface area contributed by atoms with Crippen molar-refractivity contribution in [3.8, 4) is 11.3 Å². The normalized spacial score (nSPS) is 12.5. The number of hydrogen-bond donors (Lipinski definition) is 2. The van der Waals surface area contributed by atoms with E-state index in [0.717, 1.165) is 17.5 Å². The third kappa shape index (κ3) is 5.39. The van der Waals surface area contributed by atoms with E-state index < -0.39 is 15.9 Å². The molecule has 2 aromatic carbocycles. The van der Waals surface area contributed by atoms with E-state index in [9.17, 15) is 18.3 Å². The predicted molar refractivity (Wildman–Crippen MR) is 125 cm³/mol. The Morgan fingerprint density at radius 2 is 1.84 bits per heavy atom. The maximum absolute atomic E-state index is 13.0. The zero-order chi connectivity index (χ0) is 23.5. The molecule has 0 aliphatic heterocycles. The molecule has 0 aliphatic rings. The van der Waals surface area contributed by atoms with E-state index in [4.69, 9.17) is 16.3 Å². The van der Waals surface area contributed by atoms with Gasteiger partial charge in [-0.05, 0) is 42.8 Å². The number of anilines is 1. The molecule has 3 rings (SSSR count). The van der Waals surface area contributed by atoms with Crippen LogP contribution in [0, 0.1) is 6.92 Å². The fourth-order valence-corrected chi connectivity index (χ4v) is 4.35. The lowest BCUT2D eigenvalue weighted by Gasteiger charge is -2.15. The SMILES string of the molecule is COCC(O)Cn1cc(C(=O)Nc2ccc(S(C)(=O)=O)cc2)c(C)c1-c1ccccc1Cl. The van der Waals surface area contributed by atoms with Crippen LogP contribution in [-0.4, -0.2) is 50.1 Å². The van der Waals surface area contributed by atoms with E-state index in [2.05, 4.69) is 5.32 Å². The Labute approximate surface area is 192 Å². The summed E-state index contributed by atoms with van der Waals surface area (Å²) >= 11 is 6.42. The number of amides is 1. The first-order chi connectivity index (χ1) is 15.1. The number of carbonyl (C=O) groups is 1. The monoisotopic (exact) mass is 476 g/mol. The van der Waals surface area contributed by atoms with Crippen LogP contribution in [0.25, 0.3) is 11.3 Å². The van der Waals surface area contributed by atoms with Gasteiger partial charge in [0.15, 0.2) is 9.84 Å². The first-order valence-electron chi connectivity index (χ1n) is 9.85. The van der Waals surface area contributed by atoms with Gasteiger partial charge >= 0.3 is 0 Å². The van der Waals surface area contributed by atoms with Crippen LogP contribution in [0.3, 0.4) is 0 Å². The average molecular weight is 477 g/mol. The number of aliphatic hydroxyl groups is 1. The lowest BCUT2D eigenvalue weighted by Crippen LogP contribution is -2.21. The Bertz CT molecular complexity index is 1220. The van der Waals surface area contributed by atoms with Gasteiger partial charge in [0, 0.05) is 35.8 Å². The lowest BCUT2D eigenvalue weighted by molar-refractivity contribution is 0.0540. The van der Waals surface area contributed by atoms with Gasteiger partial charge in [-0.15, -0.1) is 0 Å². The maximum Gasteiger partial charge on any atom is 0.257 e. The molecule has 0 bridgehead atoms. The molecule has 0 radical (unpaired) electrons. The van der Waals surface area contributed by atoms with Crippen LogP contribution >= 0.6 is 11.6 Å². The summed E-state index contributed by atoms with van der Waals surface area (Å²) in [5.41, 5.74) is 3.05. The maximum atomic E-state index is 13.0. The summed E-state index contributed by atoms with van der Waals surface area (Å²) in [5.74, 6) is -0.358. The van der Waals surface area contributed by atoms with E-state index >= 15 is 0 Å². The third-order valence-corrected chi connectivity index (χ3v) is 6.47. The molecule has 1 aromatic heterocycles. The van der Waals surface area contributed by atoms with Crippen LogP contribution in [0.2, 0.25) is 5.02 Å². The second-order valence-electron chi connectivity index (χ2n) is 7.51. The van der Waals surface area contributed by atoms with Crippen molar-refractivity contribution >= 4 is 33.0 Å². The van der Waals surface area contributed by atoms with Gasteiger partial charge in [0.2, 0.25) is 0 Å². The molecule has 170 valence electrons. The second kappa shape index (κ2) is 9.87. The summed E-state index contributed by atoms with van der Waals surface area (Å²) < 4.78 is 30.1. The zero-order valence-corrected chi connectivity index (χ0v) is 19.6. The van der Waals surface area contributed by atoms with Gasteiger partial charge < -0.3 is 19.7 Å². The summed E-state index contributed by atoms with van der Waals surface area (Å²) in [5, 5.41) is 13.6. The number of hydrogen-bond acceptors (Lipinski definition) is 5. The minimum atomic E-state index is -3.32. The van der Waals surface area contributed by atoms with Crippen molar-refractivity contribution in [2.24, 2.45) is 0 Å². The zero-order valence-electron chi connectivity index (χ0n) is 18.0. The first-order valence-corrected chi connectivity index (χ1v) is 12.1. The van der Waals surface area contributed by atoms with Crippen molar-refractivity contribution in [3.05, 3.63) is 70.9 Å². The molecular formula is C23H25ClN2O5S. The average Bonchev–Trinajstić information content (AvgIpc) is 3.04. The van der Waals surface area contributed by atoms with Crippen molar-refractivity contribution < 1.29 is 23.1 Å². The Morgan fingerprint density at radius 1 is 1.19 bits per heavy atom. The minimum Gasteiger partial charge on any atom is -0.389 e. The highest BCUT2D eigenvalue weighted by atomic mass is 35.5. The highest BCUT2D eigenvalue weighted by molar-refractivity contribution is 7.90. The fourth-order valence-electron chi connectivity index (χ4n) is 3.50. The van der Waals surface area contributed by atoms with Crippen LogP contribution in [0.4, 0.5) is 5.69 Å². The van der Waals surface area contributed by atoms with E-state index in [1.165, 1.54) is 31.4 Å². The van der Waals surface area contributed by atoms with Crippen LogP contribution in [0.15, 0.2) is 59.6 Å². The molecule has 0 saturated heterocycles. The molecule has 1 unspecified atom stereocenters. The number of halogens is 1. The number of nitrogens with zero attached hydrogens (tertiary/aromatic N) is 1. The molecule has 3 aromatic rings. The van der Waals surface area contributed by atoms with E-state index in [1.54, 1.807) is 16.8 Å². The topological polar surface area (TPSA) is 97.6 Å². The van der Waals surface area contributed by atoms with Crippen molar-refractivity contribution in [2.45, 2.75) is 24.5 Å². The third-order valence-electron chi connectivity index (χ3n) is 5.01. The molecule has 1 amide bonds. The highest BCUT2D eigenvalue weighted by Crippen LogP contribution is 2.33. The molecule has 2 N–H and O–H groups in total. The molecule has 1 atom stereocenters. The van der Waals surface area contributed by atoms with Crippen LogP contribution in [0.1, 0.15) is 15.9 Å². The number of methoxy groups -OCH3 is 1. The molecule has 1 heterocycles. The predicted octanol–water partition coefficient (Wildman–Crippen LogP) is 3.78. The number of benzene rings is 2. The molecule has 7 nitrogen and oxygen atoms in total. The lowest BCUT2D eigenvalue weighted by atomic mass is 10.1. The molecule has 32 heavy (non-hydrogen) atoms.